The number of likely N-dealkylation sites (N-methyl/N-ethyl adjacent to an activating group) is 1. The second-order valence-corrected chi connectivity index (χ2v) is 4.42. The Morgan fingerprint density at radius 3 is 2.69 bits per heavy atom. The van der Waals surface area contributed by atoms with Crippen LogP contribution in [0.2, 0.25) is 0 Å². The number of hydrogen-bond donors (Lipinski definition) is 1. The Bertz CT molecular complexity index is 170. The van der Waals surface area contributed by atoms with Crippen LogP contribution in [0.25, 0.3) is 0 Å². The van der Waals surface area contributed by atoms with E-state index in [2.05, 4.69) is 16.8 Å². The first-order valence-corrected chi connectivity index (χ1v) is 5.36. The van der Waals surface area contributed by atoms with Gasteiger partial charge in [-0.25, -0.2) is 0 Å². The predicted molar refractivity (Wildman–Crippen MR) is 52.7 cm³/mol. The monoisotopic (exact) mass is 184 g/mol. The molecule has 2 aliphatic rings. The first-order valence-electron chi connectivity index (χ1n) is 5.36. The molecule has 1 aliphatic carbocycles. The quantitative estimate of drug-likeness (QED) is 0.661. The van der Waals surface area contributed by atoms with Gasteiger partial charge in [-0.15, -0.1) is 0 Å². The molecule has 1 saturated heterocycles. The van der Waals surface area contributed by atoms with E-state index in [4.69, 9.17) is 0 Å². The summed E-state index contributed by atoms with van der Waals surface area (Å²) >= 11 is 0. The lowest BCUT2D eigenvalue weighted by Crippen LogP contribution is -2.43. The SMILES string of the molecule is CN1CCCN(C2CC2)C(CO)C1. The Hall–Kier alpha value is -0.120. The summed E-state index contributed by atoms with van der Waals surface area (Å²) in [6.07, 6.45) is 3.95. The molecule has 1 atom stereocenters. The average Bonchev–Trinajstić information content (AvgIpc) is 2.89. The Morgan fingerprint density at radius 1 is 1.31 bits per heavy atom. The minimum atomic E-state index is 0.320. The molecule has 0 radical (unpaired) electrons. The van der Waals surface area contributed by atoms with Gasteiger partial charge in [-0.2, -0.15) is 0 Å². The summed E-state index contributed by atoms with van der Waals surface area (Å²) in [6, 6.07) is 1.18. The van der Waals surface area contributed by atoms with Crippen LogP contribution in [-0.4, -0.2) is 60.3 Å². The van der Waals surface area contributed by atoms with Crippen LogP contribution >= 0.6 is 0 Å². The Balaban J connectivity index is 1.97. The Labute approximate surface area is 80.3 Å². The lowest BCUT2D eigenvalue weighted by molar-refractivity contribution is 0.111. The fourth-order valence-electron chi connectivity index (χ4n) is 2.31. The first kappa shape index (κ1) is 9.44. The van der Waals surface area contributed by atoms with Crippen LogP contribution in [0.5, 0.6) is 0 Å². The molecule has 1 N–H and O–H groups in total. The maximum atomic E-state index is 9.31. The molecule has 0 aromatic heterocycles. The molecule has 3 nitrogen and oxygen atoms in total. The zero-order valence-corrected chi connectivity index (χ0v) is 8.45. The summed E-state index contributed by atoms with van der Waals surface area (Å²) in [4.78, 5) is 4.85. The normalized spacial score (nSPS) is 33.2. The zero-order valence-electron chi connectivity index (χ0n) is 8.45. The third-order valence-corrected chi connectivity index (χ3v) is 3.17. The highest BCUT2D eigenvalue weighted by molar-refractivity contribution is 4.90. The topological polar surface area (TPSA) is 26.7 Å². The van der Waals surface area contributed by atoms with Gasteiger partial charge in [-0.1, -0.05) is 0 Å². The van der Waals surface area contributed by atoms with Crippen molar-refractivity contribution >= 4 is 0 Å². The molecule has 0 bridgehead atoms. The van der Waals surface area contributed by atoms with E-state index in [9.17, 15) is 5.11 Å². The molecule has 0 aromatic carbocycles. The van der Waals surface area contributed by atoms with Crippen molar-refractivity contribution in [2.45, 2.75) is 31.3 Å². The van der Waals surface area contributed by atoms with Crippen LogP contribution < -0.4 is 0 Å². The van der Waals surface area contributed by atoms with Crippen LogP contribution in [0.15, 0.2) is 0 Å². The lowest BCUT2D eigenvalue weighted by atomic mass is 10.2. The number of rotatable bonds is 2. The predicted octanol–water partition coefficient (Wildman–Crippen LogP) is 0.147. The van der Waals surface area contributed by atoms with Gasteiger partial charge in [0.05, 0.1) is 6.61 Å². The van der Waals surface area contributed by atoms with E-state index in [1.165, 1.54) is 32.4 Å². The second-order valence-electron chi connectivity index (χ2n) is 4.42. The molecule has 13 heavy (non-hydrogen) atoms. The molecule has 1 unspecified atom stereocenters. The van der Waals surface area contributed by atoms with Gasteiger partial charge in [0, 0.05) is 25.2 Å². The molecule has 0 spiro atoms. The van der Waals surface area contributed by atoms with Gasteiger partial charge < -0.3 is 10.0 Å². The fourth-order valence-corrected chi connectivity index (χ4v) is 2.31. The number of aliphatic hydroxyl groups excluding tert-OH is 1. The van der Waals surface area contributed by atoms with Crippen LogP contribution in [0.4, 0.5) is 0 Å². The molecule has 1 heterocycles. The molecule has 2 fully saturated rings. The number of nitrogens with zero attached hydrogens (tertiary/aromatic N) is 2. The third kappa shape index (κ3) is 2.22. The zero-order chi connectivity index (χ0) is 9.26. The van der Waals surface area contributed by atoms with Crippen molar-refractivity contribution in [2.75, 3.05) is 33.3 Å². The molecule has 2 rings (SSSR count). The summed E-state index contributed by atoms with van der Waals surface area (Å²) in [5, 5.41) is 9.31. The van der Waals surface area contributed by atoms with Crippen molar-refractivity contribution in [3.8, 4) is 0 Å². The highest BCUT2D eigenvalue weighted by atomic mass is 16.3. The Kier molecular flexibility index (Phi) is 2.86. The minimum Gasteiger partial charge on any atom is -0.395 e. The van der Waals surface area contributed by atoms with Gasteiger partial charge in [0.15, 0.2) is 0 Å². The van der Waals surface area contributed by atoms with E-state index in [-0.39, 0.29) is 0 Å². The summed E-state index contributed by atoms with van der Waals surface area (Å²) in [7, 11) is 2.15. The molecule has 76 valence electrons. The van der Waals surface area contributed by atoms with E-state index in [1.807, 2.05) is 0 Å². The summed E-state index contributed by atoms with van der Waals surface area (Å²) in [5.41, 5.74) is 0. The van der Waals surface area contributed by atoms with Crippen LogP contribution in [0.3, 0.4) is 0 Å². The molecule has 1 saturated carbocycles. The number of aliphatic hydroxyl groups is 1. The molecular formula is C10H20N2O. The minimum absolute atomic E-state index is 0.320. The van der Waals surface area contributed by atoms with Gasteiger partial charge in [0.25, 0.3) is 0 Å². The molecule has 0 amide bonds. The largest absolute Gasteiger partial charge is 0.395 e. The van der Waals surface area contributed by atoms with Gasteiger partial charge in [-0.05, 0) is 32.9 Å². The van der Waals surface area contributed by atoms with Gasteiger partial charge in [0.1, 0.15) is 0 Å². The fraction of sp³-hybridized carbons (Fsp3) is 1.00. The van der Waals surface area contributed by atoms with Crippen LogP contribution in [-0.2, 0) is 0 Å². The van der Waals surface area contributed by atoms with Crippen molar-refractivity contribution in [3.63, 3.8) is 0 Å². The van der Waals surface area contributed by atoms with Crippen molar-refractivity contribution in [2.24, 2.45) is 0 Å². The van der Waals surface area contributed by atoms with E-state index < -0.39 is 0 Å². The molecule has 0 aromatic rings. The Morgan fingerprint density at radius 2 is 2.08 bits per heavy atom. The van der Waals surface area contributed by atoms with E-state index in [0.717, 1.165) is 12.6 Å². The van der Waals surface area contributed by atoms with Gasteiger partial charge in [0.2, 0.25) is 0 Å². The van der Waals surface area contributed by atoms with E-state index in [1.54, 1.807) is 0 Å². The maximum Gasteiger partial charge on any atom is 0.0599 e. The van der Waals surface area contributed by atoms with Crippen LogP contribution in [0.1, 0.15) is 19.3 Å². The van der Waals surface area contributed by atoms with E-state index >= 15 is 0 Å². The third-order valence-electron chi connectivity index (χ3n) is 3.17. The highest BCUT2D eigenvalue weighted by Gasteiger charge is 2.34. The average molecular weight is 184 g/mol. The highest BCUT2D eigenvalue weighted by Crippen LogP contribution is 2.29. The smallest absolute Gasteiger partial charge is 0.0599 e. The van der Waals surface area contributed by atoms with Crippen molar-refractivity contribution in [3.05, 3.63) is 0 Å². The van der Waals surface area contributed by atoms with Crippen molar-refractivity contribution in [1.82, 2.24) is 9.80 Å². The summed E-state index contributed by atoms with van der Waals surface area (Å²) in [5.74, 6) is 0. The van der Waals surface area contributed by atoms with Crippen LogP contribution in [0, 0.1) is 0 Å². The summed E-state index contributed by atoms with van der Waals surface area (Å²) < 4.78 is 0. The molecular weight excluding hydrogens is 164 g/mol. The first-order chi connectivity index (χ1) is 6.31. The maximum absolute atomic E-state index is 9.31. The second kappa shape index (κ2) is 3.95. The van der Waals surface area contributed by atoms with E-state index in [0.29, 0.717) is 12.6 Å². The lowest BCUT2D eigenvalue weighted by Gasteiger charge is -2.29. The molecule has 3 heteroatoms. The van der Waals surface area contributed by atoms with Crippen molar-refractivity contribution in [1.29, 1.82) is 0 Å². The standard InChI is InChI=1S/C10H20N2O/c1-11-5-2-6-12(9-3-4-9)10(7-11)8-13/h9-10,13H,2-8H2,1H3. The van der Waals surface area contributed by atoms with Gasteiger partial charge >= 0.3 is 0 Å². The number of hydrogen-bond acceptors (Lipinski definition) is 3. The molecule has 1 aliphatic heterocycles. The van der Waals surface area contributed by atoms with Crippen molar-refractivity contribution < 1.29 is 5.11 Å². The van der Waals surface area contributed by atoms with Gasteiger partial charge in [-0.3, -0.25) is 4.90 Å². The summed E-state index contributed by atoms with van der Waals surface area (Å²) in [6.45, 7) is 3.72.